The van der Waals surface area contributed by atoms with Crippen LogP contribution in [0.1, 0.15) is 32.4 Å². The molecule has 0 heterocycles. The molecule has 0 spiro atoms. The first-order chi connectivity index (χ1) is 8.52. The zero-order chi connectivity index (χ0) is 13.5. The molecule has 0 radical (unpaired) electrons. The molecule has 1 amide bonds. The van der Waals surface area contributed by atoms with Crippen LogP contribution < -0.4 is 15.4 Å². The van der Waals surface area contributed by atoms with Crippen molar-refractivity contribution >= 4 is 5.91 Å². The van der Waals surface area contributed by atoms with Gasteiger partial charge in [-0.2, -0.15) is 0 Å². The molecule has 2 N–H and O–H groups in total. The standard InChI is InChI=1S/C14H22N2O2/c1-10(2)16-14(17)9-15-11(3)12-5-7-13(18-4)8-6-12/h5-8,10-11,15H,9H2,1-4H3,(H,16,17)/t11-/m0/s1. The maximum Gasteiger partial charge on any atom is 0.234 e. The Morgan fingerprint density at radius 3 is 2.33 bits per heavy atom. The number of nitrogens with one attached hydrogen (secondary N) is 2. The predicted molar refractivity (Wildman–Crippen MR) is 72.7 cm³/mol. The van der Waals surface area contributed by atoms with Crippen LogP contribution in [0.4, 0.5) is 0 Å². The minimum Gasteiger partial charge on any atom is -0.497 e. The highest BCUT2D eigenvalue weighted by Crippen LogP contribution is 2.16. The Morgan fingerprint density at radius 2 is 1.83 bits per heavy atom. The zero-order valence-electron chi connectivity index (χ0n) is 11.5. The molecule has 0 aliphatic rings. The van der Waals surface area contributed by atoms with Gasteiger partial charge in [0.05, 0.1) is 13.7 Å². The summed E-state index contributed by atoms with van der Waals surface area (Å²) >= 11 is 0. The van der Waals surface area contributed by atoms with Crippen molar-refractivity contribution < 1.29 is 9.53 Å². The van der Waals surface area contributed by atoms with Gasteiger partial charge in [-0.3, -0.25) is 4.79 Å². The first kappa shape index (κ1) is 14.5. The van der Waals surface area contributed by atoms with Gasteiger partial charge in [0.1, 0.15) is 5.75 Å². The average molecular weight is 250 g/mol. The van der Waals surface area contributed by atoms with Gasteiger partial charge >= 0.3 is 0 Å². The molecule has 0 unspecified atom stereocenters. The predicted octanol–water partition coefficient (Wildman–Crippen LogP) is 1.87. The third kappa shape index (κ3) is 4.75. The fraction of sp³-hybridized carbons (Fsp3) is 0.500. The molecule has 0 saturated heterocycles. The average Bonchev–Trinajstić information content (AvgIpc) is 2.35. The number of ether oxygens (including phenoxy) is 1. The molecule has 1 atom stereocenters. The van der Waals surface area contributed by atoms with Gasteiger partial charge in [0.2, 0.25) is 5.91 Å². The smallest absolute Gasteiger partial charge is 0.234 e. The number of rotatable bonds is 6. The molecule has 0 fully saturated rings. The van der Waals surface area contributed by atoms with Crippen molar-refractivity contribution in [2.24, 2.45) is 0 Å². The van der Waals surface area contributed by atoms with Gasteiger partial charge < -0.3 is 15.4 Å². The summed E-state index contributed by atoms with van der Waals surface area (Å²) in [6, 6.07) is 8.14. The minimum absolute atomic E-state index is 0.0189. The Balaban J connectivity index is 2.44. The molecule has 1 aromatic carbocycles. The molecule has 100 valence electrons. The van der Waals surface area contributed by atoms with Gasteiger partial charge in [0.25, 0.3) is 0 Å². The molecule has 0 aliphatic heterocycles. The monoisotopic (exact) mass is 250 g/mol. The van der Waals surface area contributed by atoms with Gasteiger partial charge in [0, 0.05) is 12.1 Å². The molecule has 18 heavy (non-hydrogen) atoms. The Bertz CT molecular complexity index is 374. The molecule has 4 heteroatoms. The van der Waals surface area contributed by atoms with E-state index >= 15 is 0 Å². The normalized spacial score (nSPS) is 12.3. The first-order valence-corrected chi connectivity index (χ1v) is 6.19. The molecule has 1 rings (SSSR count). The van der Waals surface area contributed by atoms with Crippen molar-refractivity contribution in [1.82, 2.24) is 10.6 Å². The van der Waals surface area contributed by atoms with Gasteiger partial charge in [-0.25, -0.2) is 0 Å². The van der Waals surface area contributed by atoms with Crippen LogP contribution in [0.5, 0.6) is 5.75 Å². The van der Waals surface area contributed by atoms with Crippen LogP contribution >= 0.6 is 0 Å². The van der Waals surface area contributed by atoms with Crippen molar-refractivity contribution in [3.05, 3.63) is 29.8 Å². The maximum absolute atomic E-state index is 11.5. The summed E-state index contributed by atoms with van der Waals surface area (Å²) in [5, 5.41) is 6.04. The van der Waals surface area contributed by atoms with E-state index in [1.165, 1.54) is 0 Å². The molecule has 4 nitrogen and oxygen atoms in total. The van der Waals surface area contributed by atoms with Crippen LogP contribution in [-0.2, 0) is 4.79 Å². The van der Waals surface area contributed by atoms with E-state index in [4.69, 9.17) is 4.74 Å². The third-order valence-electron chi connectivity index (χ3n) is 2.63. The second-order valence-electron chi connectivity index (χ2n) is 4.60. The first-order valence-electron chi connectivity index (χ1n) is 6.19. The summed E-state index contributed by atoms with van der Waals surface area (Å²) in [4.78, 5) is 11.5. The van der Waals surface area contributed by atoms with Crippen molar-refractivity contribution in [3.8, 4) is 5.75 Å². The molecular weight excluding hydrogens is 228 g/mol. The molecule has 0 saturated carbocycles. The van der Waals surface area contributed by atoms with Crippen LogP contribution in [0.25, 0.3) is 0 Å². The van der Waals surface area contributed by atoms with Gasteiger partial charge in [0.15, 0.2) is 0 Å². The summed E-state index contributed by atoms with van der Waals surface area (Å²) in [6.45, 7) is 6.26. The molecule has 0 bridgehead atoms. The fourth-order valence-electron chi connectivity index (χ4n) is 1.63. The third-order valence-corrected chi connectivity index (χ3v) is 2.63. The highest BCUT2D eigenvalue weighted by Gasteiger charge is 2.08. The van der Waals surface area contributed by atoms with E-state index in [0.717, 1.165) is 11.3 Å². The van der Waals surface area contributed by atoms with Gasteiger partial charge in [-0.1, -0.05) is 12.1 Å². The molecule has 1 aromatic rings. The second kappa shape index (κ2) is 7.01. The molecule has 0 aliphatic carbocycles. The number of hydrogen-bond donors (Lipinski definition) is 2. The van der Waals surface area contributed by atoms with E-state index in [0.29, 0.717) is 6.54 Å². The van der Waals surface area contributed by atoms with Crippen LogP contribution in [0.2, 0.25) is 0 Å². The lowest BCUT2D eigenvalue weighted by molar-refractivity contribution is -0.120. The lowest BCUT2D eigenvalue weighted by Crippen LogP contribution is -2.38. The Kier molecular flexibility index (Phi) is 5.65. The number of carbonyl (C=O) groups excluding carboxylic acids is 1. The highest BCUT2D eigenvalue weighted by molar-refractivity contribution is 5.78. The van der Waals surface area contributed by atoms with E-state index in [1.54, 1.807) is 7.11 Å². The van der Waals surface area contributed by atoms with Crippen LogP contribution in [-0.4, -0.2) is 25.6 Å². The lowest BCUT2D eigenvalue weighted by atomic mass is 10.1. The second-order valence-corrected chi connectivity index (χ2v) is 4.60. The van der Waals surface area contributed by atoms with E-state index in [-0.39, 0.29) is 18.0 Å². The summed E-state index contributed by atoms with van der Waals surface area (Å²) in [7, 11) is 1.65. The van der Waals surface area contributed by atoms with Crippen molar-refractivity contribution in [2.75, 3.05) is 13.7 Å². The minimum atomic E-state index is 0.0189. The fourth-order valence-corrected chi connectivity index (χ4v) is 1.63. The number of benzene rings is 1. The summed E-state index contributed by atoms with van der Waals surface area (Å²) in [5.74, 6) is 0.855. The quantitative estimate of drug-likeness (QED) is 0.810. The Labute approximate surface area is 109 Å². The van der Waals surface area contributed by atoms with Crippen LogP contribution in [0.15, 0.2) is 24.3 Å². The number of amides is 1. The summed E-state index contributed by atoms with van der Waals surface area (Å²) in [6.07, 6.45) is 0. The molecular formula is C14H22N2O2. The lowest BCUT2D eigenvalue weighted by Gasteiger charge is -2.15. The van der Waals surface area contributed by atoms with Crippen LogP contribution in [0, 0.1) is 0 Å². The number of hydrogen-bond acceptors (Lipinski definition) is 3. The van der Waals surface area contributed by atoms with E-state index in [1.807, 2.05) is 45.0 Å². The summed E-state index contributed by atoms with van der Waals surface area (Å²) < 4.78 is 5.11. The van der Waals surface area contributed by atoms with Gasteiger partial charge in [-0.15, -0.1) is 0 Å². The number of carbonyl (C=O) groups is 1. The van der Waals surface area contributed by atoms with E-state index in [9.17, 15) is 4.79 Å². The maximum atomic E-state index is 11.5. The largest absolute Gasteiger partial charge is 0.497 e. The Hall–Kier alpha value is -1.55. The van der Waals surface area contributed by atoms with Crippen LogP contribution in [0.3, 0.4) is 0 Å². The molecule has 0 aromatic heterocycles. The highest BCUT2D eigenvalue weighted by atomic mass is 16.5. The zero-order valence-corrected chi connectivity index (χ0v) is 11.5. The van der Waals surface area contributed by atoms with Crippen molar-refractivity contribution in [3.63, 3.8) is 0 Å². The SMILES string of the molecule is COc1ccc([C@H](C)NCC(=O)NC(C)C)cc1. The summed E-state index contributed by atoms with van der Waals surface area (Å²) in [5.41, 5.74) is 1.13. The topological polar surface area (TPSA) is 50.4 Å². The Morgan fingerprint density at radius 1 is 1.22 bits per heavy atom. The van der Waals surface area contributed by atoms with E-state index in [2.05, 4.69) is 10.6 Å². The number of methoxy groups -OCH3 is 1. The van der Waals surface area contributed by atoms with Crippen molar-refractivity contribution in [1.29, 1.82) is 0 Å². The van der Waals surface area contributed by atoms with Crippen molar-refractivity contribution in [2.45, 2.75) is 32.9 Å². The van der Waals surface area contributed by atoms with E-state index < -0.39 is 0 Å². The van der Waals surface area contributed by atoms with Gasteiger partial charge in [-0.05, 0) is 38.5 Å².